The molecule has 0 saturated carbocycles. The molecule has 3 rings (SSSR count). The Bertz CT molecular complexity index is 1200. The molecule has 0 spiro atoms. The third kappa shape index (κ3) is 7.00. The highest BCUT2D eigenvalue weighted by atomic mass is 32.1. The molecule has 0 aliphatic carbocycles. The fourth-order valence-corrected chi connectivity index (χ4v) is 4.12. The molecule has 3 aromatic rings. The molecule has 1 unspecified atom stereocenters. The molecule has 0 aliphatic rings. The summed E-state index contributed by atoms with van der Waals surface area (Å²) < 4.78 is 10.4. The van der Waals surface area contributed by atoms with Gasteiger partial charge in [0.15, 0.2) is 6.10 Å². The Hall–Kier alpha value is -3.98. The topological polar surface area (TPSA) is 111 Å². The number of ether oxygens (including phenoxy) is 2. The lowest BCUT2D eigenvalue weighted by molar-refractivity contribution is -0.123. The van der Waals surface area contributed by atoms with Crippen LogP contribution < -0.4 is 10.6 Å². The summed E-state index contributed by atoms with van der Waals surface area (Å²) in [5.74, 6) is -1.94. The Morgan fingerprint density at radius 1 is 0.971 bits per heavy atom. The van der Waals surface area contributed by atoms with Crippen molar-refractivity contribution in [3.05, 3.63) is 77.4 Å². The fraction of sp³-hybridized carbons (Fsp3) is 0.231. The van der Waals surface area contributed by atoms with E-state index < -0.39 is 23.9 Å². The summed E-state index contributed by atoms with van der Waals surface area (Å²) >= 11 is 1.23. The van der Waals surface area contributed by atoms with Crippen molar-refractivity contribution in [1.82, 2.24) is 5.32 Å². The summed E-state index contributed by atoms with van der Waals surface area (Å²) in [5.41, 5.74) is 2.22. The lowest BCUT2D eigenvalue weighted by Gasteiger charge is -2.14. The molecule has 1 heterocycles. The van der Waals surface area contributed by atoms with Gasteiger partial charge in [-0.1, -0.05) is 42.5 Å². The second-order valence-electron chi connectivity index (χ2n) is 7.58. The second-order valence-corrected chi connectivity index (χ2v) is 8.64. The van der Waals surface area contributed by atoms with Crippen molar-refractivity contribution < 1.29 is 28.7 Å². The van der Waals surface area contributed by atoms with Crippen molar-refractivity contribution in [2.24, 2.45) is 0 Å². The average Bonchev–Trinajstić information content (AvgIpc) is 3.27. The standard InChI is InChI=1S/C26H26N2O6S/c1-4-33-26(32)21-14-22(19-8-6-5-7-9-19)35-24(21)28-23(30)16(2)34-25(31)20-12-10-18(11-13-20)15-27-17(3)29/h5-14,16H,4,15H2,1-3H3,(H,27,29)(H,28,30). The molecule has 0 aliphatic heterocycles. The van der Waals surface area contributed by atoms with E-state index in [1.54, 1.807) is 37.3 Å². The van der Waals surface area contributed by atoms with E-state index >= 15 is 0 Å². The minimum absolute atomic E-state index is 0.152. The molecule has 0 saturated heterocycles. The molecule has 2 aromatic carbocycles. The predicted octanol–water partition coefficient (Wildman–Crippen LogP) is 4.41. The van der Waals surface area contributed by atoms with Gasteiger partial charge in [-0.15, -0.1) is 11.3 Å². The third-order valence-corrected chi connectivity index (χ3v) is 6.01. The Morgan fingerprint density at radius 3 is 2.29 bits per heavy atom. The summed E-state index contributed by atoms with van der Waals surface area (Å²) in [7, 11) is 0. The molecular weight excluding hydrogens is 468 g/mol. The van der Waals surface area contributed by atoms with E-state index in [1.165, 1.54) is 25.2 Å². The van der Waals surface area contributed by atoms with Gasteiger partial charge in [-0.2, -0.15) is 0 Å². The van der Waals surface area contributed by atoms with Crippen LogP contribution in [0.1, 0.15) is 47.1 Å². The molecule has 1 aromatic heterocycles. The Kier molecular flexibility index (Phi) is 8.74. The van der Waals surface area contributed by atoms with E-state index in [0.29, 0.717) is 11.5 Å². The van der Waals surface area contributed by atoms with E-state index in [9.17, 15) is 19.2 Å². The molecule has 1 atom stereocenters. The van der Waals surface area contributed by atoms with E-state index in [4.69, 9.17) is 9.47 Å². The van der Waals surface area contributed by atoms with Crippen LogP contribution in [0.3, 0.4) is 0 Å². The number of carbonyl (C=O) groups is 4. The number of nitrogens with one attached hydrogen (secondary N) is 2. The monoisotopic (exact) mass is 494 g/mol. The van der Waals surface area contributed by atoms with E-state index in [2.05, 4.69) is 10.6 Å². The quantitative estimate of drug-likeness (QED) is 0.426. The number of benzene rings is 2. The number of esters is 2. The molecule has 9 heteroatoms. The van der Waals surface area contributed by atoms with Gasteiger partial charge >= 0.3 is 11.9 Å². The fourth-order valence-electron chi connectivity index (χ4n) is 3.07. The van der Waals surface area contributed by atoms with Crippen molar-refractivity contribution >= 4 is 40.1 Å². The van der Waals surface area contributed by atoms with Gasteiger partial charge in [0.25, 0.3) is 5.91 Å². The first kappa shape index (κ1) is 25.6. The van der Waals surface area contributed by atoms with Crippen LogP contribution in [0, 0.1) is 0 Å². The van der Waals surface area contributed by atoms with E-state index in [0.717, 1.165) is 16.0 Å². The largest absolute Gasteiger partial charge is 0.462 e. The van der Waals surface area contributed by atoms with Crippen molar-refractivity contribution in [2.45, 2.75) is 33.4 Å². The molecule has 0 radical (unpaired) electrons. The minimum Gasteiger partial charge on any atom is -0.462 e. The highest BCUT2D eigenvalue weighted by Crippen LogP contribution is 2.36. The number of hydrogen-bond donors (Lipinski definition) is 2. The molecule has 8 nitrogen and oxygen atoms in total. The molecule has 0 fully saturated rings. The van der Waals surface area contributed by atoms with Gasteiger partial charge in [-0.25, -0.2) is 9.59 Å². The first-order valence-electron chi connectivity index (χ1n) is 11.0. The lowest BCUT2D eigenvalue weighted by Crippen LogP contribution is -2.30. The van der Waals surface area contributed by atoms with Crippen molar-refractivity contribution in [1.29, 1.82) is 0 Å². The van der Waals surface area contributed by atoms with Crippen LogP contribution in [-0.2, 0) is 25.6 Å². The number of hydrogen-bond acceptors (Lipinski definition) is 7. The summed E-state index contributed by atoms with van der Waals surface area (Å²) in [6.07, 6.45) is -1.11. The summed E-state index contributed by atoms with van der Waals surface area (Å²) in [6.45, 7) is 5.12. The molecule has 35 heavy (non-hydrogen) atoms. The van der Waals surface area contributed by atoms with Crippen LogP contribution in [0.5, 0.6) is 0 Å². The van der Waals surface area contributed by atoms with Gasteiger partial charge in [0.05, 0.1) is 17.7 Å². The van der Waals surface area contributed by atoms with Crippen LogP contribution in [0.4, 0.5) is 5.00 Å². The molecule has 2 N–H and O–H groups in total. The zero-order chi connectivity index (χ0) is 25.4. The Morgan fingerprint density at radius 2 is 1.66 bits per heavy atom. The maximum atomic E-state index is 12.8. The van der Waals surface area contributed by atoms with E-state index in [1.807, 2.05) is 30.3 Å². The molecule has 0 bridgehead atoms. The van der Waals surface area contributed by atoms with Gasteiger partial charge in [0, 0.05) is 18.3 Å². The van der Waals surface area contributed by atoms with Gasteiger partial charge < -0.3 is 20.1 Å². The molecule has 182 valence electrons. The number of rotatable bonds is 9. The zero-order valence-electron chi connectivity index (χ0n) is 19.6. The van der Waals surface area contributed by atoms with E-state index in [-0.39, 0.29) is 23.6 Å². The zero-order valence-corrected chi connectivity index (χ0v) is 20.4. The maximum absolute atomic E-state index is 12.8. The number of carbonyl (C=O) groups excluding carboxylic acids is 4. The first-order valence-corrected chi connectivity index (χ1v) is 11.8. The first-order chi connectivity index (χ1) is 16.8. The van der Waals surface area contributed by atoms with Crippen molar-refractivity contribution in [3.63, 3.8) is 0 Å². The Labute approximate surface area is 207 Å². The van der Waals surface area contributed by atoms with Crippen LogP contribution in [0.15, 0.2) is 60.7 Å². The molecular formula is C26H26N2O6S. The predicted molar refractivity (Wildman–Crippen MR) is 133 cm³/mol. The smallest absolute Gasteiger partial charge is 0.341 e. The highest BCUT2D eigenvalue weighted by molar-refractivity contribution is 7.20. The van der Waals surface area contributed by atoms with Crippen molar-refractivity contribution in [3.8, 4) is 10.4 Å². The van der Waals surface area contributed by atoms with Crippen LogP contribution >= 0.6 is 11.3 Å². The normalized spacial score (nSPS) is 11.3. The number of thiophene rings is 1. The SMILES string of the molecule is CCOC(=O)c1cc(-c2ccccc2)sc1NC(=O)C(C)OC(=O)c1ccc(CNC(C)=O)cc1. The second kappa shape index (κ2) is 11.9. The Balaban J connectivity index is 1.69. The van der Waals surface area contributed by atoms with Crippen LogP contribution in [-0.4, -0.2) is 36.5 Å². The summed E-state index contributed by atoms with van der Waals surface area (Å²) in [5, 5.41) is 5.68. The van der Waals surface area contributed by atoms with Gasteiger partial charge in [-0.3, -0.25) is 9.59 Å². The molecule has 2 amide bonds. The minimum atomic E-state index is -1.11. The highest BCUT2D eigenvalue weighted by Gasteiger charge is 2.24. The average molecular weight is 495 g/mol. The maximum Gasteiger partial charge on any atom is 0.341 e. The van der Waals surface area contributed by atoms with Crippen molar-refractivity contribution in [2.75, 3.05) is 11.9 Å². The number of amides is 2. The summed E-state index contributed by atoms with van der Waals surface area (Å²) in [6, 6.07) is 17.6. The lowest BCUT2D eigenvalue weighted by atomic mass is 10.1. The third-order valence-electron chi connectivity index (χ3n) is 4.91. The van der Waals surface area contributed by atoms with Gasteiger partial charge in [-0.05, 0) is 43.2 Å². The van der Waals surface area contributed by atoms with Crippen LogP contribution in [0.2, 0.25) is 0 Å². The van der Waals surface area contributed by atoms with Crippen LogP contribution in [0.25, 0.3) is 10.4 Å². The van der Waals surface area contributed by atoms with Gasteiger partial charge in [0.1, 0.15) is 5.00 Å². The van der Waals surface area contributed by atoms with Gasteiger partial charge in [0.2, 0.25) is 5.91 Å². The number of anilines is 1. The summed E-state index contributed by atoms with van der Waals surface area (Å²) in [4.78, 5) is 49.6.